The zero-order chi connectivity index (χ0) is 13.8. The molecule has 0 bridgehead atoms. The molecule has 2 aromatic heterocycles. The molecule has 0 saturated carbocycles. The second kappa shape index (κ2) is 5.66. The van der Waals surface area contributed by atoms with Crippen LogP contribution in [0.3, 0.4) is 0 Å². The van der Waals surface area contributed by atoms with Crippen molar-refractivity contribution < 1.29 is 14.7 Å². The number of aromatic amines is 1. The second-order valence-corrected chi connectivity index (χ2v) is 4.99. The van der Waals surface area contributed by atoms with Crippen LogP contribution in [-0.4, -0.2) is 33.0 Å². The van der Waals surface area contributed by atoms with Crippen molar-refractivity contribution >= 4 is 23.2 Å². The van der Waals surface area contributed by atoms with E-state index in [-0.39, 0.29) is 12.3 Å². The van der Waals surface area contributed by atoms with Crippen LogP contribution < -0.4 is 5.32 Å². The molecule has 2 heterocycles. The number of carboxylic acids is 1. The normalized spacial score (nSPS) is 12.1. The maximum absolute atomic E-state index is 12.0. The van der Waals surface area contributed by atoms with E-state index >= 15 is 0 Å². The van der Waals surface area contributed by atoms with Gasteiger partial charge in [0.15, 0.2) is 0 Å². The zero-order valence-electron chi connectivity index (χ0n) is 10.2. The minimum atomic E-state index is -1.07. The van der Waals surface area contributed by atoms with E-state index in [9.17, 15) is 9.59 Å². The number of nitrogens with zero attached hydrogens (tertiary/aromatic N) is 1. The van der Waals surface area contributed by atoms with Crippen molar-refractivity contribution in [3.8, 4) is 0 Å². The summed E-state index contributed by atoms with van der Waals surface area (Å²) in [5.74, 6) is -1.43. The monoisotopic (exact) mass is 279 g/mol. The summed E-state index contributed by atoms with van der Waals surface area (Å²) in [6.45, 7) is 1.82. The van der Waals surface area contributed by atoms with Gasteiger partial charge in [-0.2, -0.15) is 0 Å². The van der Waals surface area contributed by atoms with E-state index in [2.05, 4.69) is 15.3 Å². The standard InChI is InChI=1S/C12H13N3O3S/c1-7-2-3-19-10(7)11(16)15-9(12(17)18)4-8-5-13-6-14-8/h2-3,5-6,9H,4H2,1H3,(H,13,14)(H,15,16)(H,17,18). The van der Waals surface area contributed by atoms with Gasteiger partial charge in [-0.25, -0.2) is 9.78 Å². The van der Waals surface area contributed by atoms with E-state index < -0.39 is 12.0 Å². The number of hydrogen-bond donors (Lipinski definition) is 3. The smallest absolute Gasteiger partial charge is 0.326 e. The summed E-state index contributed by atoms with van der Waals surface area (Å²) in [6.07, 6.45) is 3.18. The molecule has 0 aliphatic heterocycles. The number of carbonyl (C=O) groups excluding carboxylic acids is 1. The zero-order valence-corrected chi connectivity index (χ0v) is 11.0. The van der Waals surface area contributed by atoms with Crippen LogP contribution in [0.1, 0.15) is 20.9 Å². The molecule has 0 radical (unpaired) electrons. The number of H-pyrrole nitrogens is 1. The third-order valence-corrected chi connectivity index (χ3v) is 3.67. The lowest BCUT2D eigenvalue weighted by atomic mass is 10.1. The van der Waals surface area contributed by atoms with Crippen molar-refractivity contribution in [1.82, 2.24) is 15.3 Å². The van der Waals surface area contributed by atoms with Gasteiger partial charge in [0.25, 0.3) is 5.91 Å². The molecule has 19 heavy (non-hydrogen) atoms. The summed E-state index contributed by atoms with van der Waals surface area (Å²) >= 11 is 1.29. The molecule has 2 rings (SSSR count). The summed E-state index contributed by atoms with van der Waals surface area (Å²) in [5.41, 5.74) is 1.50. The Hall–Kier alpha value is -2.15. The van der Waals surface area contributed by atoms with Crippen LogP contribution in [0.2, 0.25) is 0 Å². The molecule has 1 amide bonds. The molecule has 3 N–H and O–H groups in total. The van der Waals surface area contributed by atoms with Crippen molar-refractivity contribution in [2.24, 2.45) is 0 Å². The van der Waals surface area contributed by atoms with Gasteiger partial charge in [-0.1, -0.05) is 0 Å². The first kappa shape index (κ1) is 13.3. The number of aromatic nitrogens is 2. The van der Waals surface area contributed by atoms with E-state index in [1.54, 1.807) is 11.6 Å². The van der Waals surface area contributed by atoms with E-state index in [1.807, 2.05) is 13.0 Å². The number of imidazole rings is 1. The van der Waals surface area contributed by atoms with Gasteiger partial charge in [-0.05, 0) is 23.9 Å². The molecule has 0 aliphatic carbocycles. The Labute approximate surface area is 113 Å². The lowest BCUT2D eigenvalue weighted by Gasteiger charge is -2.13. The summed E-state index contributed by atoms with van der Waals surface area (Å²) < 4.78 is 0. The van der Waals surface area contributed by atoms with Crippen molar-refractivity contribution in [3.05, 3.63) is 40.1 Å². The molecule has 0 spiro atoms. The Morgan fingerprint density at radius 3 is 2.89 bits per heavy atom. The average molecular weight is 279 g/mol. The minimum absolute atomic E-state index is 0.172. The molecular formula is C12H13N3O3S. The number of hydrogen-bond acceptors (Lipinski definition) is 4. The van der Waals surface area contributed by atoms with E-state index in [4.69, 9.17) is 5.11 Å². The van der Waals surface area contributed by atoms with Gasteiger partial charge in [0.05, 0.1) is 11.2 Å². The van der Waals surface area contributed by atoms with Crippen LogP contribution in [0, 0.1) is 6.92 Å². The van der Waals surface area contributed by atoms with Crippen molar-refractivity contribution in [3.63, 3.8) is 0 Å². The van der Waals surface area contributed by atoms with Gasteiger partial charge in [0.1, 0.15) is 6.04 Å². The van der Waals surface area contributed by atoms with Crippen molar-refractivity contribution in [1.29, 1.82) is 0 Å². The SMILES string of the molecule is Cc1ccsc1C(=O)NC(Cc1cnc[nH]1)C(=O)O. The first-order valence-electron chi connectivity index (χ1n) is 5.63. The van der Waals surface area contributed by atoms with Gasteiger partial charge in [-0.15, -0.1) is 11.3 Å². The van der Waals surface area contributed by atoms with Crippen LogP contribution in [0.4, 0.5) is 0 Å². The predicted octanol–water partition coefficient (Wildman–Crippen LogP) is 1.21. The van der Waals surface area contributed by atoms with E-state index in [0.717, 1.165) is 5.56 Å². The molecule has 6 nitrogen and oxygen atoms in total. The number of nitrogens with one attached hydrogen (secondary N) is 2. The molecule has 1 unspecified atom stereocenters. The highest BCUT2D eigenvalue weighted by atomic mass is 32.1. The summed E-state index contributed by atoms with van der Waals surface area (Å²) in [4.78, 5) is 30.3. The Balaban J connectivity index is 2.07. The van der Waals surface area contributed by atoms with Crippen molar-refractivity contribution in [2.45, 2.75) is 19.4 Å². The maximum Gasteiger partial charge on any atom is 0.326 e. The first-order chi connectivity index (χ1) is 9.08. The quantitative estimate of drug-likeness (QED) is 0.766. The third-order valence-electron chi connectivity index (χ3n) is 2.65. The number of aliphatic carboxylic acids is 1. The summed E-state index contributed by atoms with van der Waals surface area (Å²) in [7, 11) is 0. The van der Waals surface area contributed by atoms with Gasteiger partial charge in [0.2, 0.25) is 0 Å². The summed E-state index contributed by atoms with van der Waals surface area (Å²) in [6, 6.07) is 0.846. The molecule has 2 aromatic rings. The lowest BCUT2D eigenvalue weighted by molar-refractivity contribution is -0.139. The molecule has 0 fully saturated rings. The third kappa shape index (κ3) is 3.19. The number of amides is 1. The fourth-order valence-corrected chi connectivity index (χ4v) is 2.47. The highest BCUT2D eigenvalue weighted by Crippen LogP contribution is 2.15. The topological polar surface area (TPSA) is 95.1 Å². The number of carboxylic acid groups (broad SMARTS) is 1. The fourth-order valence-electron chi connectivity index (χ4n) is 1.65. The van der Waals surface area contributed by atoms with Gasteiger partial charge >= 0.3 is 5.97 Å². The molecule has 7 heteroatoms. The Bertz CT molecular complexity index is 577. The van der Waals surface area contributed by atoms with Crippen LogP contribution in [0.15, 0.2) is 24.0 Å². The van der Waals surface area contributed by atoms with Gasteiger partial charge < -0.3 is 15.4 Å². The number of carbonyl (C=O) groups is 2. The van der Waals surface area contributed by atoms with Crippen LogP contribution in [-0.2, 0) is 11.2 Å². The van der Waals surface area contributed by atoms with Crippen LogP contribution >= 0.6 is 11.3 Å². The average Bonchev–Trinajstić information content (AvgIpc) is 2.99. The lowest BCUT2D eigenvalue weighted by Crippen LogP contribution is -2.42. The molecule has 1 atom stereocenters. The Morgan fingerprint density at radius 2 is 2.37 bits per heavy atom. The minimum Gasteiger partial charge on any atom is -0.480 e. The molecule has 0 aromatic carbocycles. The maximum atomic E-state index is 12.0. The number of thiophene rings is 1. The number of rotatable bonds is 5. The Morgan fingerprint density at radius 1 is 1.58 bits per heavy atom. The number of aryl methyl sites for hydroxylation is 1. The van der Waals surface area contributed by atoms with Crippen LogP contribution in [0.25, 0.3) is 0 Å². The van der Waals surface area contributed by atoms with Crippen LogP contribution in [0.5, 0.6) is 0 Å². The van der Waals surface area contributed by atoms with Gasteiger partial charge in [0, 0.05) is 18.3 Å². The largest absolute Gasteiger partial charge is 0.480 e. The summed E-state index contributed by atoms with van der Waals surface area (Å²) in [5, 5.41) is 13.5. The fraction of sp³-hybridized carbons (Fsp3) is 0.250. The highest BCUT2D eigenvalue weighted by Gasteiger charge is 2.22. The second-order valence-electron chi connectivity index (χ2n) is 4.08. The molecular weight excluding hydrogens is 266 g/mol. The molecule has 0 saturated heterocycles. The Kier molecular flexibility index (Phi) is 3.96. The van der Waals surface area contributed by atoms with E-state index in [1.165, 1.54) is 17.7 Å². The highest BCUT2D eigenvalue weighted by molar-refractivity contribution is 7.12. The predicted molar refractivity (Wildman–Crippen MR) is 70.2 cm³/mol. The molecule has 100 valence electrons. The molecule has 0 aliphatic rings. The van der Waals surface area contributed by atoms with Gasteiger partial charge in [-0.3, -0.25) is 4.79 Å². The van der Waals surface area contributed by atoms with E-state index in [0.29, 0.717) is 10.6 Å². The first-order valence-corrected chi connectivity index (χ1v) is 6.51. The van der Waals surface area contributed by atoms with Crippen molar-refractivity contribution in [2.75, 3.05) is 0 Å².